The Morgan fingerprint density at radius 1 is 0.828 bits per heavy atom. The van der Waals surface area contributed by atoms with Crippen molar-refractivity contribution in [2.75, 3.05) is 23.9 Å². The second-order valence-corrected chi connectivity index (χ2v) is 17.9. The monoisotopic (exact) mass is 869 g/mol. The first-order valence-corrected chi connectivity index (χ1v) is 21.1. The number of thioether (sulfide) groups is 1. The second kappa shape index (κ2) is 21.6. The topological polar surface area (TPSA) is 339 Å². The van der Waals surface area contributed by atoms with Crippen LogP contribution in [0.15, 0.2) is 24.3 Å². The molecule has 2 saturated heterocycles. The Kier molecular flexibility index (Phi) is 17.6. The number of fused-ring (bicyclic) bond motifs is 1. The van der Waals surface area contributed by atoms with Gasteiger partial charge in [0.25, 0.3) is 0 Å². The van der Waals surface area contributed by atoms with E-state index in [-0.39, 0.29) is 30.3 Å². The first-order valence-electron chi connectivity index (χ1n) is 17.7. The molecule has 12 N–H and O–H groups in total. The first kappa shape index (κ1) is 47.3. The summed E-state index contributed by atoms with van der Waals surface area (Å²) < 4.78 is -0.989. The smallest absolute Gasteiger partial charge is 0.327 e. The van der Waals surface area contributed by atoms with Crippen LogP contribution in [0, 0.1) is 0 Å². The molecule has 21 nitrogen and oxygen atoms in total. The van der Waals surface area contributed by atoms with Crippen LogP contribution in [0.5, 0.6) is 0 Å². The molecule has 8 amide bonds. The molecule has 1 aromatic carbocycles. The number of benzene rings is 1. The minimum Gasteiger partial charge on any atom is -0.481 e. The Balaban J connectivity index is 2.07. The van der Waals surface area contributed by atoms with Gasteiger partial charge >= 0.3 is 11.9 Å². The van der Waals surface area contributed by atoms with Crippen molar-refractivity contribution < 1.29 is 58.2 Å². The van der Waals surface area contributed by atoms with Gasteiger partial charge in [-0.2, -0.15) is 0 Å². The highest BCUT2D eigenvalue weighted by molar-refractivity contribution is 8.76. The number of carboxylic acid groups (broad SMARTS) is 2. The van der Waals surface area contributed by atoms with E-state index in [2.05, 4.69) is 31.9 Å². The molecule has 0 radical (unpaired) electrons. The molecule has 0 unspecified atom stereocenters. The number of carbonyl (C=O) groups excluding carboxylic acids is 8. The molecule has 2 heterocycles. The zero-order valence-electron chi connectivity index (χ0n) is 31.7. The van der Waals surface area contributed by atoms with E-state index in [9.17, 15) is 58.2 Å². The van der Waals surface area contributed by atoms with Gasteiger partial charge in [-0.15, -0.1) is 11.8 Å². The molecule has 2 aliphatic heterocycles. The van der Waals surface area contributed by atoms with Crippen LogP contribution in [-0.2, 0) is 60.9 Å². The molecule has 0 aliphatic carbocycles. The zero-order chi connectivity index (χ0) is 43.3. The molecular formula is C34H47N9O12S3. The molecule has 2 aliphatic rings. The maximum absolute atomic E-state index is 14.2. The van der Waals surface area contributed by atoms with Crippen molar-refractivity contribution >= 4 is 92.5 Å². The number of carboxylic acids is 2. The number of hydrogen-bond donors (Lipinski definition) is 10. The van der Waals surface area contributed by atoms with Crippen molar-refractivity contribution in [2.45, 2.75) is 87.6 Å². The van der Waals surface area contributed by atoms with Crippen molar-refractivity contribution in [1.82, 2.24) is 36.8 Å². The van der Waals surface area contributed by atoms with Crippen LogP contribution < -0.4 is 43.4 Å². The SMILES string of the molecule is CC(=O)N[C@@H]1CSSC[C@H](C(=O)O)NC(=O)[C@H](CC(=O)O)NC(=O)CNC(=O)[C@H](Cc2ccc(CN)cc2)NC(=O)[C@@H]2N(CSC2(C)C)C(=O)[C@H](CC(N)=O)NC1=O. The van der Waals surface area contributed by atoms with E-state index in [1.165, 1.54) is 11.8 Å². The van der Waals surface area contributed by atoms with E-state index < -0.39 is 120 Å². The molecule has 6 atom stereocenters. The summed E-state index contributed by atoms with van der Waals surface area (Å²) in [7, 11) is 1.77. The molecule has 0 aromatic heterocycles. The Hall–Kier alpha value is -5.07. The van der Waals surface area contributed by atoms with E-state index in [0.29, 0.717) is 5.56 Å². The van der Waals surface area contributed by atoms with Crippen LogP contribution in [0.25, 0.3) is 0 Å². The number of carbonyl (C=O) groups is 10. The van der Waals surface area contributed by atoms with Gasteiger partial charge in [0.15, 0.2) is 0 Å². The third-order valence-corrected chi connectivity index (χ3v) is 12.5. The Morgan fingerprint density at radius 3 is 2.03 bits per heavy atom. The third kappa shape index (κ3) is 14.1. The highest BCUT2D eigenvalue weighted by Crippen LogP contribution is 2.40. The summed E-state index contributed by atoms with van der Waals surface area (Å²) >= 11 is 1.20. The number of nitrogens with two attached hydrogens (primary N) is 2. The van der Waals surface area contributed by atoms with Crippen LogP contribution in [0.1, 0.15) is 44.7 Å². The summed E-state index contributed by atoms with van der Waals surface area (Å²) in [6, 6.07) is -2.24. The lowest BCUT2D eigenvalue weighted by atomic mass is 9.98. The molecule has 3 rings (SSSR count). The van der Waals surface area contributed by atoms with Gasteiger partial charge in [0.2, 0.25) is 47.3 Å². The first-order chi connectivity index (χ1) is 27.2. The molecule has 0 saturated carbocycles. The Morgan fingerprint density at radius 2 is 1.45 bits per heavy atom. The van der Waals surface area contributed by atoms with Crippen LogP contribution in [0.2, 0.25) is 0 Å². The fourth-order valence-corrected chi connectivity index (χ4v) is 9.28. The average Bonchev–Trinajstić information content (AvgIpc) is 3.46. The summed E-state index contributed by atoms with van der Waals surface area (Å²) in [5.74, 6) is -10.9. The molecular weight excluding hydrogens is 823 g/mol. The van der Waals surface area contributed by atoms with Crippen molar-refractivity contribution in [1.29, 1.82) is 0 Å². The quantitative estimate of drug-likeness (QED) is 0.109. The maximum Gasteiger partial charge on any atom is 0.327 e. The molecule has 318 valence electrons. The lowest BCUT2D eigenvalue weighted by Crippen LogP contribution is -2.61. The van der Waals surface area contributed by atoms with Gasteiger partial charge in [0, 0.05) is 36.1 Å². The van der Waals surface area contributed by atoms with Crippen LogP contribution in [0.4, 0.5) is 0 Å². The number of hydrogen-bond acceptors (Lipinski definition) is 14. The second-order valence-electron chi connectivity index (χ2n) is 13.8. The van der Waals surface area contributed by atoms with Gasteiger partial charge in [0.05, 0.1) is 25.3 Å². The van der Waals surface area contributed by atoms with Crippen molar-refractivity contribution in [3.63, 3.8) is 0 Å². The van der Waals surface area contributed by atoms with Gasteiger partial charge in [-0.3, -0.25) is 43.2 Å². The van der Waals surface area contributed by atoms with Crippen molar-refractivity contribution in [3.05, 3.63) is 35.4 Å². The fraction of sp³-hybridized carbons (Fsp3) is 0.529. The molecule has 24 heteroatoms. The number of rotatable bonds is 9. The average molecular weight is 870 g/mol. The highest BCUT2D eigenvalue weighted by Gasteiger charge is 2.50. The van der Waals surface area contributed by atoms with E-state index in [4.69, 9.17) is 11.5 Å². The van der Waals surface area contributed by atoms with Crippen LogP contribution >= 0.6 is 33.3 Å². The Labute approximate surface area is 344 Å². The fourth-order valence-electron chi connectivity index (χ4n) is 5.82. The minimum absolute atomic E-state index is 0.0801. The van der Waals surface area contributed by atoms with Gasteiger partial charge in [-0.05, 0) is 25.0 Å². The number of nitrogens with zero attached hydrogens (tertiary/aromatic N) is 1. The highest BCUT2D eigenvalue weighted by atomic mass is 33.1. The standard InChI is InChI=1S/C34H47N9O12S3/c1-16(44)38-22-13-57-58-14-23(33(54)55)42-29(50)20(10-26(47)48)39-25(46)12-37-28(49)19(8-17-4-6-18(11-35)7-5-17)40-31(52)27-34(2,3)56-15-43(27)32(53)21(9-24(36)45)41-30(22)51/h4-7,19-23,27H,8-15,35H2,1-3H3,(H2,36,45)(H,37,49)(H,38,44)(H,39,46)(H,40,52)(H,41,51)(H,42,50)(H,47,48)(H,54,55)/t19-,20-,21-,22+,23+,27-/m0/s1. The molecule has 0 spiro atoms. The summed E-state index contributed by atoms with van der Waals surface area (Å²) in [4.78, 5) is 131. The number of nitrogens with one attached hydrogen (secondary N) is 6. The van der Waals surface area contributed by atoms with E-state index >= 15 is 0 Å². The Bertz CT molecular complexity index is 1770. The van der Waals surface area contributed by atoms with Crippen molar-refractivity contribution in [2.24, 2.45) is 11.5 Å². The van der Waals surface area contributed by atoms with Gasteiger partial charge in [-0.25, -0.2) is 4.79 Å². The predicted octanol–water partition coefficient (Wildman–Crippen LogP) is -3.24. The van der Waals surface area contributed by atoms with E-state index in [0.717, 1.165) is 39.0 Å². The largest absolute Gasteiger partial charge is 0.481 e. The van der Waals surface area contributed by atoms with Crippen LogP contribution in [0.3, 0.4) is 0 Å². The van der Waals surface area contributed by atoms with Gasteiger partial charge in [-0.1, -0.05) is 45.9 Å². The number of aliphatic carboxylic acids is 2. The summed E-state index contributed by atoms with van der Waals surface area (Å²) in [5, 5.41) is 33.5. The third-order valence-electron chi connectivity index (χ3n) is 8.74. The van der Waals surface area contributed by atoms with Crippen LogP contribution in [-0.4, -0.2) is 139 Å². The summed E-state index contributed by atoms with van der Waals surface area (Å²) in [6.45, 7) is 3.91. The normalized spacial score (nSPS) is 25.5. The minimum atomic E-state index is -1.77. The number of amides is 8. The predicted molar refractivity (Wildman–Crippen MR) is 212 cm³/mol. The summed E-state index contributed by atoms with van der Waals surface area (Å²) in [6.07, 6.45) is -1.77. The lowest BCUT2D eigenvalue weighted by Gasteiger charge is -2.33. The van der Waals surface area contributed by atoms with Gasteiger partial charge < -0.3 is 58.5 Å². The summed E-state index contributed by atoms with van der Waals surface area (Å²) in [5.41, 5.74) is 12.5. The van der Waals surface area contributed by atoms with E-state index in [1.807, 2.05) is 0 Å². The van der Waals surface area contributed by atoms with E-state index in [1.54, 1.807) is 38.1 Å². The maximum atomic E-state index is 14.2. The molecule has 0 bridgehead atoms. The molecule has 1 aromatic rings. The zero-order valence-corrected chi connectivity index (χ0v) is 34.2. The molecule has 58 heavy (non-hydrogen) atoms. The van der Waals surface area contributed by atoms with Crippen molar-refractivity contribution in [3.8, 4) is 0 Å². The van der Waals surface area contributed by atoms with Gasteiger partial charge in [0.1, 0.15) is 36.3 Å². The lowest BCUT2D eigenvalue weighted by molar-refractivity contribution is -0.144. The molecule has 2 fully saturated rings. The number of primary amides is 1.